The van der Waals surface area contributed by atoms with Crippen molar-refractivity contribution in [1.29, 1.82) is 0 Å². The van der Waals surface area contributed by atoms with E-state index in [2.05, 4.69) is 15.3 Å². The van der Waals surface area contributed by atoms with Crippen LogP contribution in [0, 0.1) is 0 Å². The number of H-pyrrole nitrogens is 1. The summed E-state index contributed by atoms with van der Waals surface area (Å²) in [7, 11) is 0. The molecule has 0 aliphatic rings. The summed E-state index contributed by atoms with van der Waals surface area (Å²) in [5, 5.41) is 3.02. The van der Waals surface area contributed by atoms with Crippen LogP contribution < -0.4 is 11.1 Å². The van der Waals surface area contributed by atoms with Gasteiger partial charge in [-0.05, 0) is 18.2 Å². The van der Waals surface area contributed by atoms with Crippen molar-refractivity contribution in [3.05, 3.63) is 41.2 Å². The first-order valence-electron chi connectivity index (χ1n) is 4.52. The van der Waals surface area contributed by atoms with Crippen LogP contribution in [0.1, 0.15) is 10.4 Å². The van der Waals surface area contributed by atoms with Crippen molar-refractivity contribution in [3.63, 3.8) is 0 Å². The maximum atomic E-state index is 11.8. The van der Waals surface area contributed by atoms with Crippen LogP contribution in [0.15, 0.2) is 30.6 Å². The van der Waals surface area contributed by atoms with Gasteiger partial charge in [0.1, 0.15) is 0 Å². The van der Waals surface area contributed by atoms with Gasteiger partial charge < -0.3 is 10.7 Å². The lowest BCUT2D eigenvalue weighted by molar-refractivity contribution is 0.102. The zero-order valence-corrected chi connectivity index (χ0v) is 8.95. The second-order valence-electron chi connectivity index (χ2n) is 3.12. The summed E-state index contributed by atoms with van der Waals surface area (Å²) in [4.78, 5) is 18.4. The largest absolute Gasteiger partial charge is 0.398 e. The van der Waals surface area contributed by atoms with Crippen molar-refractivity contribution >= 4 is 29.1 Å². The molecule has 0 unspecified atom stereocenters. The molecule has 4 N–H and O–H groups in total. The molecule has 1 heterocycles. The van der Waals surface area contributed by atoms with Crippen LogP contribution in [0.25, 0.3) is 0 Å². The van der Waals surface area contributed by atoms with Gasteiger partial charge in [0.2, 0.25) is 5.95 Å². The Kier molecular flexibility index (Phi) is 2.78. The number of nitrogen functional groups attached to an aromatic ring is 1. The molecular formula is C10H9ClN4O. The monoisotopic (exact) mass is 236 g/mol. The maximum Gasteiger partial charge on any atom is 0.260 e. The number of carbonyl (C=O) groups is 1. The summed E-state index contributed by atoms with van der Waals surface area (Å²) in [6, 6.07) is 4.72. The molecule has 5 nitrogen and oxygen atoms in total. The lowest BCUT2D eigenvalue weighted by atomic mass is 10.1. The Bertz CT molecular complexity index is 510. The normalized spacial score (nSPS) is 10.1. The molecule has 1 amide bonds. The number of nitrogens with zero attached hydrogens (tertiary/aromatic N) is 1. The highest BCUT2D eigenvalue weighted by molar-refractivity contribution is 6.31. The molecule has 2 aromatic rings. The molecule has 16 heavy (non-hydrogen) atoms. The van der Waals surface area contributed by atoms with Crippen LogP contribution >= 0.6 is 11.6 Å². The number of imidazole rings is 1. The summed E-state index contributed by atoms with van der Waals surface area (Å²) < 4.78 is 0. The molecule has 82 valence electrons. The summed E-state index contributed by atoms with van der Waals surface area (Å²) in [5.41, 5.74) is 6.36. The number of hydrogen-bond donors (Lipinski definition) is 3. The minimum Gasteiger partial charge on any atom is -0.398 e. The molecule has 0 radical (unpaired) electrons. The van der Waals surface area contributed by atoms with E-state index in [9.17, 15) is 4.79 Å². The van der Waals surface area contributed by atoms with Crippen molar-refractivity contribution in [2.24, 2.45) is 0 Å². The van der Waals surface area contributed by atoms with Crippen molar-refractivity contribution < 1.29 is 4.79 Å². The molecule has 0 fully saturated rings. The zero-order valence-electron chi connectivity index (χ0n) is 8.20. The number of benzene rings is 1. The van der Waals surface area contributed by atoms with Gasteiger partial charge in [-0.15, -0.1) is 0 Å². The minimum absolute atomic E-state index is 0.323. The fourth-order valence-electron chi connectivity index (χ4n) is 1.23. The van der Waals surface area contributed by atoms with E-state index in [1.165, 1.54) is 12.3 Å². The van der Waals surface area contributed by atoms with Crippen molar-refractivity contribution in [1.82, 2.24) is 9.97 Å². The van der Waals surface area contributed by atoms with Gasteiger partial charge in [-0.3, -0.25) is 10.1 Å². The Morgan fingerprint density at radius 1 is 1.50 bits per heavy atom. The summed E-state index contributed by atoms with van der Waals surface area (Å²) in [5.74, 6) is 0.0133. The van der Waals surface area contributed by atoms with Gasteiger partial charge in [-0.25, -0.2) is 4.98 Å². The smallest absolute Gasteiger partial charge is 0.260 e. The molecule has 0 atom stereocenters. The molecule has 1 aromatic carbocycles. The number of aromatic nitrogens is 2. The first-order chi connectivity index (χ1) is 7.66. The standard InChI is InChI=1S/C10H9ClN4O/c11-6-1-2-8(12)7(5-6)9(16)15-10-13-3-4-14-10/h1-5H,12H2,(H2,13,14,15,16). The van der Waals surface area contributed by atoms with E-state index >= 15 is 0 Å². The zero-order chi connectivity index (χ0) is 11.5. The average Bonchev–Trinajstić information content (AvgIpc) is 2.74. The summed E-state index contributed by atoms with van der Waals surface area (Å²) in [6.45, 7) is 0. The number of aromatic amines is 1. The van der Waals surface area contributed by atoms with E-state index in [4.69, 9.17) is 17.3 Å². The number of nitrogens with one attached hydrogen (secondary N) is 2. The lowest BCUT2D eigenvalue weighted by Gasteiger charge is -2.05. The Labute approximate surface area is 96.6 Å². The van der Waals surface area contributed by atoms with Crippen molar-refractivity contribution in [3.8, 4) is 0 Å². The highest BCUT2D eigenvalue weighted by Gasteiger charge is 2.11. The summed E-state index contributed by atoms with van der Waals surface area (Å²) >= 11 is 5.78. The topological polar surface area (TPSA) is 83.8 Å². The number of anilines is 2. The van der Waals surface area contributed by atoms with Crippen LogP contribution in [-0.4, -0.2) is 15.9 Å². The third kappa shape index (κ3) is 2.14. The number of halogens is 1. The van der Waals surface area contributed by atoms with Gasteiger partial charge in [-0.2, -0.15) is 0 Å². The van der Waals surface area contributed by atoms with Crippen molar-refractivity contribution in [2.45, 2.75) is 0 Å². The van der Waals surface area contributed by atoms with Gasteiger partial charge in [-0.1, -0.05) is 11.6 Å². The number of carbonyl (C=O) groups excluding carboxylic acids is 1. The molecule has 0 saturated carbocycles. The molecule has 0 aliphatic carbocycles. The number of rotatable bonds is 2. The van der Waals surface area contributed by atoms with Crippen molar-refractivity contribution in [2.75, 3.05) is 11.1 Å². The molecular weight excluding hydrogens is 228 g/mol. The van der Waals surface area contributed by atoms with E-state index in [0.717, 1.165) is 0 Å². The van der Waals surface area contributed by atoms with Crippen LogP contribution in [0.5, 0.6) is 0 Å². The predicted octanol–water partition coefficient (Wildman–Crippen LogP) is 1.90. The van der Waals surface area contributed by atoms with E-state index in [1.54, 1.807) is 18.3 Å². The van der Waals surface area contributed by atoms with E-state index < -0.39 is 0 Å². The quantitative estimate of drug-likeness (QED) is 0.697. The number of nitrogens with two attached hydrogens (primary N) is 1. The van der Waals surface area contributed by atoms with Gasteiger partial charge in [0, 0.05) is 23.1 Å². The predicted molar refractivity (Wildman–Crippen MR) is 62.4 cm³/mol. The van der Waals surface area contributed by atoms with E-state index in [-0.39, 0.29) is 5.91 Å². The SMILES string of the molecule is Nc1ccc(Cl)cc1C(=O)Nc1ncc[nH]1. The number of hydrogen-bond acceptors (Lipinski definition) is 3. The van der Waals surface area contributed by atoms with E-state index in [1.807, 2.05) is 0 Å². The number of amides is 1. The lowest BCUT2D eigenvalue weighted by Crippen LogP contribution is -2.14. The Morgan fingerprint density at radius 3 is 3.00 bits per heavy atom. The Morgan fingerprint density at radius 2 is 2.31 bits per heavy atom. The highest BCUT2D eigenvalue weighted by atomic mass is 35.5. The van der Waals surface area contributed by atoms with Gasteiger partial charge in [0.05, 0.1) is 5.56 Å². The first kappa shape index (κ1) is 10.5. The Hall–Kier alpha value is -2.01. The highest BCUT2D eigenvalue weighted by Crippen LogP contribution is 2.18. The minimum atomic E-state index is -0.352. The molecule has 6 heteroatoms. The van der Waals surface area contributed by atoms with Crippen LogP contribution in [0.3, 0.4) is 0 Å². The molecule has 2 rings (SSSR count). The average molecular weight is 237 g/mol. The summed E-state index contributed by atoms with van der Waals surface area (Å²) in [6.07, 6.45) is 3.15. The second-order valence-corrected chi connectivity index (χ2v) is 3.56. The van der Waals surface area contributed by atoms with Gasteiger partial charge in [0.25, 0.3) is 5.91 Å². The molecule has 1 aromatic heterocycles. The maximum absolute atomic E-state index is 11.8. The van der Waals surface area contributed by atoms with E-state index in [0.29, 0.717) is 22.2 Å². The van der Waals surface area contributed by atoms with Gasteiger partial charge in [0.15, 0.2) is 0 Å². The third-order valence-electron chi connectivity index (χ3n) is 1.99. The first-order valence-corrected chi connectivity index (χ1v) is 4.90. The van der Waals surface area contributed by atoms with Crippen LogP contribution in [0.2, 0.25) is 5.02 Å². The molecule has 0 saturated heterocycles. The third-order valence-corrected chi connectivity index (χ3v) is 2.23. The van der Waals surface area contributed by atoms with Gasteiger partial charge >= 0.3 is 0 Å². The molecule has 0 spiro atoms. The Balaban J connectivity index is 2.24. The fourth-order valence-corrected chi connectivity index (χ4v) is 1.41. The molecule has 0 aliphatic heterocycles. The van der Waals surface area contributed by atoms with Crippen LogP contribution in [-0.2, 0) is 0 Å². The second kappa shape index (κ2) is 4.24. The molecule has 0 bridgehead atoms. The van der Waals surface area contributed by atoms with Crippen LogP contribution in [0.4, 0.5) is 11.6 Å². The fraction of sp³-hybridized carbons (Fsp3) is 0.